The highest BCUT2D eigenvalue weighted by molar-refractivity contribution is 7.13. The van der Waals surface area contributed by atoms with E-state index in [9.17, 15) is 9.59 Å². The number of hydrogen-bond donors (Lipinski definition) is 2. The molecule has 0 unspecified atom stereocenters. The summed E-state index contributed by atoms with van der Waals surface area (Å²) in [5.74, 6) is 0.0587. The van der Waals surface area contributed by atoms with Crippen molar-refractivity contribution in [2.75, 3.05) is 5.32 Å². The topological polar surface area (TPSA) is 92.7 Å². The Balaban J connectivity index is 1.83. The lowest BCUT2D eigenvalue weighted by atomic mass is 10.1. The normalized spacial score (nSPS) is 14.3. The van der Waals surface area contributed by atoms with E-state index in [0.717, 1.165) is 24.2 Å². The van der Waals surface area contributed by atoms with Gasteiger partial charge in [0, 0.05) is 24.0 Å². The number of rotatable bonds is 3. The number of thiazole rings is 1. The number of nitrogens with zero attached hydrogens (tertiary/aromatic N) is 3. The molecule has 1 fully saturated rings. The lowest BCUT2D eigenvalue weighted by Crippen LogP contribution is -2.15. The van der Waals surface area contributed by atoms with Crippen LogP contribution in [0.5, 0.6) is 0 Å². The number of H-pyrrole nitrogens is 1. The van der Waals surface area contributed by atoms with Crippen molar-refractivity contribution in [3.05, 3.63) is 38.8 Å². The van der Waals surface area contributed by atoms with Crippen molar-refractivity contribution < 1.29 is 4.79 Å². The van der Waals surface area contributed by atoms with Gasteiger partial charge in [-0.25, -0.2) is 9.97 Å². The second kappa shape index (κ2) is 5.02. The maximum atomic E-state index is 12.7. The van der Waals surface area contributed by atoms with Crippen LogP contribution in [0.2, 0.25) is 0 Å². The van der Waals surface area contributed by atoms with Gasteiger partial charge < -0.3 is 0 Å². The lowest BCUT2D eigenvalue weighted by molar-refractivity contribution is 0.102. The highest BCUT2D eigenvalue weighted by Crippen LogP contribution is 2.40. The molecule has 0 spiro atoms. The fraction of sp³-hybridized carbons (Fsp3) is 0.333. The van der Waals surface area contributed by atoms with Crippen molar-refractivity contribution >= 4 is 33.4 Å². The van der Waals surface area contributed by atoms with E-state index in [0.29, 0.717) is 27.6 Å². The summed E-state index contributed by atoms with van der Waals surface area (Å²) in [6.45, 7) is 1.86. The molecule has 118 valence electrons. The number of carbonyl (C=O) groups excluding carboxylic acids is 1. The molecule has 1 amide bonds. The Morgan fingerprint density at radius 1 is 1.43 bits per heavy atom. The molecule has 4 rings (SSSR count). The number of aromatic nitrogens is 4. The van der Waals surface area contributed by atoms with Gasteiger partial charge in [0.05, 0.1) is 16.6 Å². The van der Waals surface area contributed by atoms with Gasteiger partial charge in [-0.3, -0.25) is 24.7 Å². The summed E-state index contributed by atoms with van der Waals surface area (Å²) in [6.07, 6.45) is 2.15. The van der Waals surface area contributed by atoms with Crippen LogP contribution in [0.1, 0.15) is 40.5 Å². The first-order valence-corrected chi connectivity index (χ1v) is 8.24. The molecule has 8 heteroatoms. The number of fused-ring (bicyclic) bond motifs is 1. The summed E-state index contributed by atoms with van der Waals surface area (Å²) in [4.78, 5) is 33.6. The molecule has 3 aromatic heterocycles. The van der Waals surface area contributed by atoms with Gasteiger partial charge in [-0.1, -0.05) is 0 Å². The van der Waals surface area contributed by atoms with Crippen LogP contribution in [0.4, 0.5) is 5.13 Å². The standard InChI is InChI=1S/C15H15N5O2S/c1-7-6-23-15(16-7)18-13(21)9-5-10(8-3-4-8)17-12-11(9)14(22)19-20(12)2/h5-6,8H,3-4H2,1-2H3,(H,19,22)(H,16,18,21). The number of hydrogen-bond acceptors (Lipinski definition) is 5. The summed E-state index contributed by atoms with van der Waals surface area (Å²) >= 11 is 1.36. The van der Waals surface area contributed by atoms with Crippen molar-refractivity contribution in [2.45, 2.75) is 25.7 Å². The average molecular weight is 329 g/mol. The molecule has 0 aromatic carbocycles. The van der Waals surface area contributed by atoms with Gasteiger partial charge in [0.25, 0.3) is 11.5 Å². The Morgan fingerprint density at radius 2 is 2.22 bits per heavy atom. The Morgan fingerprint density at radius 3 is 2.87 bits per heavy atom. The number of nitrogens with one attached hydrogen (secondary N) is 2. The number of aromatic amines is 1. The number of aryl methyl sites for hydroxylation is 2. The minimum absolute atomic E-state index is 0.308. The maximum Gasteiger partial charge on any atom is 0.274 e. The van der Waals surface area contributed by atoms with Crippen LogP contribution in [0, 0.1) is 6.92 Å². The fourth-order valence-corrected chi connectivity index (χ4v) is 3.31. The molecule has 0 bridgehead atoms. The molecule has 7 nitrogen and oxygen atoms in total. The Bertz CT molecular complexity index is 980. The molecule has 1 saturated carbocycles. The minimum Gasteiger partial charge on any atom is -0.298 e. The smallest absolute Gasteiger partial charge is 0.274 e. The van der Waals surface area contributed by atoms with Crippen molar-refractivity contribution in [1.29, 1.82) is 0 Å². The first-order chi connectivity index (χ1) is 11.0. The zero-order valence-electron chi connectivity index (χ0n) is 12.7. The van der Waals surface area contributed by atoms with Gasteiger partial charge in [0.2, 0.25) is 0 Å². The number of carbonyl (C=O) groups is 1. The monoisotopic (exact) mass is 329 g/mol. The van der Waals surface area contributed by atoms with Gasteiger partial charge in [-0.05, 0) is 25.8 Å². The molecule has 3 heterocycles. The van der Waals surface area contributed by atoms with E-state index < -0.39 is 0 Å². The molecular formula is C15H15N5O2S. The van der Waals surface area contributed by atoms with Crippen LogP contribution in [-0.4, -0.2) is 25.7 Å². The molecule has 2 N–H and O–H groups in total. The van der Waals surface area contributed by atoms with Gasteiger partial charge in [0.15, 0.2) is 10.8 Å². The van der Waals surface area contributed by atoms with Crippen molar-refractivity contribution in [3.8, 4) is 0 Å². The summed E-state index contributed by atoms with van der Waals surface area (Å²) in [5.41, 5.74) is 2.28. The third-order valence-corrected chi connectivity index (χ3v) is 4.79. The van der Waals surface area contributed by atoms with E-state index in [1.807, 2.05) is 12.3 Å². The molecule has 1 aliphatic rings. The van der Waals surface area contributed by atoms with Gasteiger partial charge in [-0.2, -0.15) is 0 Å². The molecule has 3 aromatic rings. The highest BCUT2D eigenvalue weighted by Gasteiger charge is 2.28. The zero-order valence-corrected chi connectivity index (χ0v) is 13.5. The van der Waals surface area contributed by atoms with E-state index in [-0.39, 0.29) is 11.5 Å². The van der Waals surface area contributed by atoms with Crippen LogP contribution >= 0.6 is 11.3 Å². The van der Waals surface area contributed by atoms with Crippen molar-refractivity contribution in [2.24, 2.45) is 7.05 Å². The highest BCUT2D eigenvalue weighted by atomic mass is 32.1. The lowest BCUT2D eigenvalue weighted by Gasteiger charge is -2.06. The average Bonchev–Trinajstić information content (AvgIpc) is 3.23. The van der Waals surface area contributed by atoms with Crippen LogP contribution < -0.4 is 10.9 Å². The SMILES string of the molecule is Cc1csc(NC(=O)c2cc(C3CC3)nc3c2c(=O)[nH]n3C)n1. The maximum absolute atomic E-state index is 12.7. The minimum atomic E-state index is -0.328. The predicted molar refractivity (Wildman–Crippen MR) is 88.1 cm³/mol. The van der Waals surface area contributed by atoms with Gasteiger partial charge >= 0.3 is 0 Å². The van der Waals surface area contributed by atoms with E-state index in [1.165, 1.54) is 11.3 Å². The van der Waals surface area contributed by atoms with E-state index >= 15 is 0 Å². The molecule has 23 heavy (non-hydrogen) atoms. The van der Waals surface area contributed by atoms with Crippen LogP contribution in [-0.2, 0) is 7.05 Å². The van der Waals surface area contributed by atoms with E-state index in [4.69, 9.17) is 0 Å². The molecule has 0 radical (unpaired) electrons. The Kier molecular flexibility index (Phi) is 3.08. The number of pyridine rings is 1. The van der Waals surface area contributed by atoms with E-state index in [1.54, 1.807) is 17.8 Å². The number of amides is 1. The zero-order chi connectivity index (χ0) is 16.1. The first-order valence-electron chi connectivity index (χ1n) is 7.36. The largest absolute Gasteiger partial charge is 0.298 e. The molecule has 1 aliphatic carbocycles. The fourth-order valence-electron chi connectivity index (χ4n) is 2.62. The van der Waals surface area contributed by atoms with Crippen LogP contribution in [0.15, 0.2) is 16.2 Å². The van der Waals surface area contributed by atoms with Crippen molar-refractivity contribution in [3.63, 3.8) is 0 Å². The number of anilines is 1. The van der Waals surface area contributed by atoms with Crippen molar-refractivity contribution in [1.82, 2.24) is 19.7 Å². The molecule has 0 aliphatic heterocycles. The summed E-state index contributed by atoms with van der Waals surface area (Å²) in [7, 11) is 1.72. The quantitative estimate of drug-likeness (QED) is 0.770. The molecular weight excluding hydrogens is 314 g/mol. The summed E-state index contributed by atoms with van der Waals surface area (Å²) in [6, 6.07) is 1.74. The first kappa shape index (κ1) is 14.1. The van der Waals surface area contributed by atoms with Gasteiger partial charge in [0.1, 0.15) is 0 Å². The summed E-state index contributed by atoms with van der Waals surface area (Å²) < 4.78 is 1.56. The van der Waals surface area contributed by atoms with Gasteiger partial charge in [-0.15, -0.1) is 11.3 Å². The van der Waals surface area contributed by atoms with Crippen LogP contribution in [0.25, 0.3) is 11.0 Å². The second-order valence-electron chi connectivity index (χ2n) is 5.82. The third-order valence-electron chi connectivity index (χ3n) is 3.91. The third kappa shape index (κ3) is 2.44. The summed E-state index contributed by atoms with van der Waals surface area (Å²) in [5, 5.41) is 8.16. The molecule has 0 saturated heterocycles. The van der Waals surface area contributed by atoms with E-state index in [2.05, 4.69) is 20.4 Å². The Labute approximate surface area is 135 Å². The predicted octanol–water partition coefficient (Wildman–Crippen LogP) is 2.16. The van der Waals surface area contributed by atoms with Crippen LogP contribution in [0.3, 0.4) is 0 Å². The molecule has 0 atom stereocenters. The second-order valence-corrected chi connectivity index (χ2v) is 6.67. The Hall–Kier alpha value is -2.48.